The third kappa shape index (κ3) is 3.22. The number of carbonyl (C=O) groups excluding carboxylic acids is 1. The van der Waals surface area contributed by atoms with Crippen LogP contribution in [0.15, 0.2) is 40.8 Å². The fourth-order valence-electron chi connectivity index (χ4n) is 2.82. The van der Waals surface area contributed by atoms with E-state index in [1.807, 2.05) is 36.1 Å². The minimum Gasteiger partial charge on any atom is -0.465 e. The van der Waals surface area contributed by atoms with Gasteiger partial charge in [-0.25, -0.2) is 0 Å². The molecule has 0 spiro atoms. The first-order valence-electron chi connectivity index (χ1n) is 7.82. The molecule has 2 heterocycles. The first-order chi connectivity index (χ1) is 10.6. The summed E-state index contributed by atoms with van der Waals surface area (Å²) in [5.74, 6) is 2.11. The summed E-state index contributed by atoms with van der Waals surface area (Å²) < 4.78 is 5.56. The van der Waals surface area contributed by atoms with Crippen LogP contribution in [-0.4, -0.2) is 12.5 Å². The Bertz CT molecular complexity index is 645. The number of aryl methyl sites for hydroxylation is 1. The van der Waals surface area contributed by atoms with E-state index in [1.54, 1.807) is 0 Å². The van der Waals surface area contributed by atoms with E-state index in [0.717, 1.165) is 30.2 Å². The van der Waals surface area contributed by atoms with E-state index in [0.29, 0.717) is 13.0 Å². The number of anilines is 1. The van der Waals surface area contributed by atoms with E-state index in [-0.39, 0.29) is 11.9 Å². The van der Waals surface area contributed by atoms with Crippen LogP contribution < -0.4 is 10.2 Å². The van der Waals surface area contributed by atoms with Crippen molar-refractivity contribution in [1.29, 1.82) is 0 Å². The lowest BCUT2D eigenvalue weighted by atomic mass is 10.1. The molecule has 1 atom stereocenters. The van der Waals surface area contributed by atoms with Crippen molar-refractivity contribution in [1.82, 2.24) is 5.32 Å². The van der Waals surface area contributed by atoms with Gasteiger partial charge in [-0.1, -0.05) is 12.1 Å². The van der Waals surface area contributed by atoms with E-state index >= 15 is 0 Å². The molecule has 116 valence electrons. The minimum atomic E-state index is 0.229. The maximum atomic E-state index is 11.8. The number of benzene rings is 1. The molecule has 3 rings (SSSR count). The smallest absolute Gasteiger partial charge is 0.227 e. The number of furan rings is 1. The molecule has 1 amide bonds. The van der Waals surface area contributed by atoms with E-state index in [2.05, 4.69) is 24.4 Å². The summed E-state index contributed by atoms with van der Waals surface area (Å²) in [7, 11) is 0. The quantitative estimate of drug-likeness (QED) is 0.918. The Morgan fingerprint density at radius 3 is 2.59 bits per heavy atom. The van der Waals surface area contributed by atoms with Crippen molar-refractivity contribution in [3.8, 4) is 0 Å². The average molecular weight is 298 g/mol. The van der Waals surface area contributed by atoms with E-state index in [1.165, 1.54) is 5.56 Å². The zero-order valence-electron chi connectivity index (χ0n) is 13.1. The van der Waals surface area contributed by atoms with E-state index in [4.69, 9.17) is 4.42 Å². The van der Waals surface area contributed by atoms with Gasteiger partial charge in [-0.3, -0.25) is 4.79 Å². The van der Waals surface area contributed by atoms with Crippen molar-refractivity contribution < 1.29 is 9.21 Å². The van der Waals surface area contributed by atoms with Gasteiger partial charge in [0.15, 0.2) is 0 Å². The summed E-state index contributed by atoms with van der Waals surface area (Å²) in [4.78, 5) is 13.6. The van der Waals surface area contributed by atoms with Gasteiger partial charge in [0.05, 0.1) is 6.54 Å². The summed E-state index contributed by atoms with van der Waals surface area (Å²) >= 11 is 0. The van der Waals surface area contributed by atoms with Gasteiger partial charge in [0.2, 0.25) is 5.91 Å². The van der Waals surface area contributed by atoms with E-state index < -0.39 is 0 Å². The van der Waals surface area contributed by atoms with Crippen molar-refractivity contribution in [3.63, 3.8) is 0 Å². The highest BCUT2D eigenvalue weighted by Crippen LogP contribution is 2.23. The molecule has 22 heavy (non-hydrogen) atoms. The molecule has 4 nitrogen and oxygen atoms in total. The second kappa shape index (κ2) is 6.36. The van der Waals surface area contributed by atoms with Gasteiger partial charge in [-0.15, -0.1) is 0 Å². The van der Waals surface area contributed by atoms with Crippen LogP contribution in [0.2, 0.25) is 0 Å². The molecule has 0 aliphatic carbocycles. The lowest BCUT2D eigenvalue weighted by Gasteiger charge is -2.18. The lowest BCUT2D eigenvalue weighted by molar-refractivity contribution is -0.117. The fourth-order valence-corrected chi connectivity index (χ4v) is 2.82. The SMILES string of the molecule is Cc1ccc(CNC(C)c2ccc(N3CCCC3=O)cc2)o1. The Labute approximate surface area is 131 Å². The van der Waals surface area contributed by atoms with Crippen molar-refractivity contribution >= 4 is 11.6 Å². The zero-order valence-corrected chi connectivity index (χ0v) is 13.1. The molecule has 1 N–H and O–H groups in total. The highest BCUT2D eigenvalue weighted by atomic mass is 16.3. The average Bonchev–Trinajstić information content (AvgIpc) is 3.13. The largest absolute Gasteiger partial charge is 0.465 e. The molecule has 1 aliphatic heterocycles. The number of nitrogens with zero attached hydrogens (tertiary/aromatic N) is 1. The van der Waals surface area contributed by atoms with Crippen molar-refractivity contribution in [2.24, 2.45) is 0 Å². The molecule has 1 aromatic heterocycles. The Hall–Kier alpha value is -2.07. The van der Waals surface area contributed by atoms with Gasteiger partial charge in [0.1, 0.15) is 11.5 Å². The van der Waals surface area contributed by atoms with Crippen molar-refractivity contribution in [2.45, 2.75) is 39.3 Å². The second-order valence-electron chi connectivity index (χ2n) is 5.86. The third-order valence-electron chi connectivity index (χ3n) is 4.16. The van der Waals surface area contributed by atoms with Crippen LogP contribution in [0.4, 0.5) is 5.69 Å². The van der Waals surface area contributed by atoms with Crippen LogP contribution in [0.1, 0.15) is 42.9 Å². The standard InChI is InChI=1S/C18H22N2O2/c1-13-5-10-17(22-13)12-19-14(2)15-6-8-16(9-7-15)20-11-3-4-18(20)21/h5-10,14,19H,3-4,11-12H2,1-2H3. The molecule has 1 fully saturated rings. The van der Waals surface area contributed by atoms with Crippen LogP contribution in [-0.2, 0) is 11.3 Å². The number of hydrogen-bond donors (Lipinski definition) is 1. The minimum absolute atomic E-state index is 0.229. The number of carbonyl (C=O) groups is 1. The maximum absolute atomic E-state index is 11.8. The summed E-state index contributed by atoms with van der Waals surface area (Å²) in [5, 5.41) is 3.45. The molecular formula is C18H22N2O2. The molecule has 0 bridgehead atoms. The third-order valence-corrected chi connectivity index (χ3v) is 4.16. The van der Waals surface area contributed by atoms with Crippen LogP contribution >= 0.6 is 0 Å². The normalized spacial score (nSPS) is 16.3. The first-order valence-corrected chi connectivity index (χ1v) is 7.82. The molecule has 1 saturated heterocycles. The summed E-state index contributed by atoms with van der Waals surface area (Å²) in [6, 6.07) is 12.5. The lowest BCUT2D eigenvalue weighted by Crippen LogP contribution is -2.23. The fraction of sp³-hybridized carbons (Fsp3) is 0.389. The monoisotopic (exact) mass is 298 g/mol. The molecule has 2 aromatic rings. The first kappa shape index (κ1) is 14.9. The predicted octanol–water partition coefficient (Wildman–Crippen LogP) is 3.57. The predicted molar refractivity (Wildman–Crippen MR) is 86.7 cm³/mol. The van der Waals surface area contributed by atoms with Gasteiger partial charge in [0.25, 0.3) is 0 Å². The maximum Gasteiger partial charge on any atom is 0.227 e. The van der Waals surface area contributed by atoms with Crippen LogP contribution in [0.25, 0.3) is 0 Å². The van der Waals surface area contributed by atoms with Crippen LogP contribution in [0.3, 0.4) is 0 Å². The van der Waals surface area contributed by atoms with Crippen molar-refractivity contribution in [3.05, 3.63) is 53.5 Å². The zero-order chi connectivity index (χ0) is 15.5. The van der Waals surface area contributed by atoms with Crippen LogP contribution in [0, 0.1) is 6.92 Å². The molecule has 1 unspecified atom stereocenters. The van der Waals surface area contributed by atoms with Gasteiger partial charge >= 0.3 is 0 Å². The second-order valence-corrected chi connectivity index (χ2v) is 5.86. The molecule has 1 aromatic carbocycles. The Morgan fingerprint density at radius 1 is 1.23 bits per heavy atom. The van der Waals surface area contributed by atoms with Gasteiger partial charge in [-0.2, -0.15) is 0 Å². The summed E-state index contributed by atoms with van der Waals surface area (Å²) in [6.07, 6.45) is 1.63. The topological polar surface area (TPSA) is 45.5 Å². The van der Waals surface area contributed by atoms with Crippen molar-refractivity contribution in [2.75, 3.05) is 11.4 Å². The van der Waals surface area contributed by atoms with Crippen LogP contribution in [0.5, 0.6) is 0 Å². The van der Waals surface area contributed by atoms with E-state index in [9.17, 15) is 4.79 Å². The molecular weight excluding hydrogens is 276 g/mol. The molecule has 0 saturated carbocycles. The van der Waals surface area contributed by atoms with Gasteiger partial charge in [0, 0.05) is 24.7 Å². The number of amides is 1. The Balaban J connectivity index is 1.60. The Kier molecular flexibility index (Phi) is 4.29. The number of nitrogens with one attached hydrogen (secondary N) is 1. The molecule has 4 heteroatoms. The number of hydrogen-bond acceptors (Lipinski definition) is 3. The Morgan fingerprint density at radius 2 is 2.00 bits per heavy atom. The number of rotatable bonds is 5. The van der Waals surface area contributed by atoms with Gasteiger partial charge in [-0.05, 0) is 50.1 Å². The highest BCUT2D eigenvalue weighted by Gasteiger charge is 2.21. The molecule has 1 aliphatic rings. The van der Waals surface area contributed by atoms with Gasteiger partial charge < -0.3 is 14.6 Å². The molecule has 0 radical (unpaired) electrons. The summed E-state index contributed by atoms with van der Waals surface area (Å²) in [6.45, 7) is 5.63. The highest BCUT2D eigenvalue weighted by molar-refractivity contribution is 5.95. The summed E-state index contributed by atoms with van der Waals surface area (Å²) in [5.41, 5.74) is 2.21.